The molecule has 4 nitrogen and oxygen atoms in total. The van der Waals surface area contributed by atoms with Crippen molar-refractivity contribution in [2.75, 3.05) is 0 Å². The molecule has 0 saturated heterocycles. The van der Waals surface area contributed by atoms with Gasteiger partial charge in [-0.2, -0.15) is 0 Å². The van der Waals surface area contributed by atoms with Crippen LogP contribution in [0.1, 0.15) is 13.8 Å². The van der Waals surface area contributed by atoms with Gasteiger partial charge in [0, 0.05) is 10.2 Å². The Bertz CT molecular complexity index is 387. The molecule has 2 unspecified atom stereocenters. The molecule has 0 spiro atoms. The van der Waals surface area contributed by atoms with Crippen LogP contribution in [0.5, 0.6) is 0 Å². The molecule has 0 aromatic rings. The maximum Gasteiger partial charge on any atom is 0.154 e. The second-order valence-corrected chi connectivity index (χ2v) is 4.52. The van der Waals surface area contributed by atoms with Crippen LogP contribution < -0.4 is 11.5 Å². The largest absolute Gasteiger partial charge is 0.400 e. The molecule has 0 radical (unpaired) electrons. The van der Waals surface area contributed by atoms with Gasteiger partial charge in [0.1, 0.15) is 11.3 Å². The van der Waals surface area contributed by atoms with Crippen LogP contribution >= 0.6 is 15.9 Å². The molecular formula is C10H13BrN2O2. The summed E-state index contributed by atoms with van der Waals surface area (Å²) in [5.41, 5.74) is 10.7. The van der Waals surface area contributed by atoms with Crippen LogP contribution in [0.25, 0.3) is 0 Å². The fourth-order valence-electron chi connectivity index (χ4n) is 1.67. The average molecular weight is 273 g/mol. The number of ketones is 2. The number of rotatable bonds is 2. The van der Waals surface area contributed by atoms with Crippen LogP contribution in [-0.2, 0) is 9.59 Å². The second-order valence-electron chi connectivity index (χ2n) is 3.67. The molecule has 0 heterocycles. The van der Waals surface area contributed by atoms with E-state index in [1.54, 1.807) is 6.08 Å². The minimum atomic E-state index is -1.31. The van der Waals surface area contributed by atoms with Crippen LogP contribution in [0, 0.1) is 5.92 Å². The highest BCUT2D eigenvalue weighted by molar-refractivity contribution is 9.11. The van der Waals surface area contributed by atoms with Crippen molar-refractivity contribution in [1.29, 1.82) is 0 Å². The molecule has 5 heteroatoms. The first-order chi connectivity index (χ1) is 6.80. The predicted molar refractivity (Wildman–Crippen MR) is 61.1 cm³/mol. The lowest BCUT2D eigenvalue weighted by atomic mass is 9.75. The standard InChI is InChI=1S/C10H13BrN2O2/c1-5(14)8-9(12)7(11)3-4-10(8,13)6(2)15/h3-4,8H,12-13H2,1-2H3. The topological polar surface area (TPSA) is 86.2 Å². The van der Waals surface area contributed by atoms with Gasteiger partial charge in [-0.25, -0.2) is 0 Å². The van der Waals surface area contributed by atoms with Crippen molar-refractivity contribution in [3.63, 3.8) is 0 Å². The lowest BCUT2D eigenvalue weighted by Crippen LogP contribution is -2.56. The summed E-state index contributed by atoms with van der Waals surface area (Å²) in [6, 6.07) is 0. The van der Waals surface area contributed by atoms with E-state index in [4.69, 9.17) is 11.5 Å². The quantitative estimate of drug-likeness (QED) is 0.772. The van der Waals surface area contributed by atoms with E-state index < -0.39 is 11.5 Å². The molecule has 1 rings (SSSR count). The minimum Gasteiger partial charge on any atom is -0.400 e. The zero-order valence-corrected chi connectivity index (χ0v) is 10.2. The number of carbonyl (C=O) groups excluding carboxylic acids is 2. The predicted octanol–water partition coefficient (Wildman–Crippen LogP) is 0.613. The molecule has 0 amide bonds. The monoisotopic (exact) mass is 272 g/mol. The van der Waals surface area contributed by atoms with Gasteiger partial charge in [-0.1, -0.05) is 6.08 Å². The Hall–Kier alpha value is -0.940. The summed E-state index contributed by atoms with van der Waals surface area (Å²) in [4.78, 5) is 22.9. The van der Waals surface area contributed by atoms with Crippen LogP contribution in [0.2, 0.25) is 0 Å². The number of hydrogen-bond acceptors (Lipinski definition) is 4. The number of halogens is 1. The molecule has 82 valence electrons. The molecule has 0 bridgehead atoms. The number of hydrogen-bond donors (Lipinski definition) is 2. The van der Waals surface area contributed by atoms with Crippen LogP contribution in [0.4, 0.5) is 0 Å². The summed E-state index contributed by atoms with van der Waals surface area (Å²) in [5, 5.41) is 0. The van der Waals surface area contributed by atoms with Gasteiger partial charge in [0.25, 0.3) is 0 Å². The van der Waals surface area contributed by atoms with Gasteiger partial charge in [0.2, 0.25) is 0 Å². The first kappa shape index (κ1) is 12.1. The van der Waals surface area contributed by atoms with E-state index >= 15 is 0 Å². The van der Waals surface area contributed by atoms with E-state index in [1.165, 1.54) is 19.9 Å². The van der Waals surface area contributed by atoms with Crippen molar-refractivity contribution in [2.45, 2.75) is 19.4 Å². The van der Waals surface area contributed by atoms with E-state index in [2.05, 4.69) is 15.9 Å². The Morgan fingerprint density at radius 2 is 2.00 bits per heavy atom. The highest BCUT2D eigenvalue weighted by atomic mass is 79.9. The van der Waals surface area contributed by atoms with Gasteiger partial charge in [-0.15, -0.1) is 0 Å². The van der Waals surface area contributed by atoms with E-state index in [9.17, 15) is 9.59 Å². The van der Waals surface area contributed by atoms with Crippen molar-refractivity contribution in [1.82, 2.24) is 0 Å². The first-order valence-electron chi connectivity index (χ1n) is 4.45. The lowest BCUT2D eigenvalue weighted by Gasteiger charge is -2.34. The number of nitrogens with two attached hydrogens (primary N) is 2. The Kier molecular flexibility index (Phi) is 3.16. The SMILES string of the molecule is CC(=O)C1C(N)=C(Br)C=CC1(N)C(C)=O. The molecule has 1 aliphatic carbocycles. The van der Waals surface area contributed by atoms with Crippen LogP contribution in [0.3, 0.4) is 0 Å². The summed E-state index contributed by atoms with van der Waals surface area (Å²) in [6.45, 7) is 2.73. The molecule has 1 aliphatic rings. The summed E-state index contributed by atoms with van der Waals surface area (Å²) in [7, 11) is 0. The lowest BCUT2D eigenvalue weighted by molar-refractivity contribution is -0.128. The zero-order valence-electron chi connectivity index (χ0n) is 8.58. The fourth-order valence-corrected chi connectivity index (χ4v) is 2.04. The molecular weight excluding hydrogens is 260 g/mol. The fraction of sp³-hybridized carbons (Fsp3) is 0.400. The first-order valence-corrected chi connectivity index (χ1v) is 5.24. The molecule has 15 heavy (non-hydrogen) atoms. The van der Waals surface area contributed by atoms with Crippen molar-refractivity contribution in [3.05, 3.63) is 22.3 Å². The number of allylic oxidation sites excluding steroid dienone is 2. The Balaban J connectivity index is 3.31. The van der Waals surface area contributed by atoms with E-state index in [-0.39, 0.29) is 11.6 Å². The Morgan fingerprint density at radius 1 is 1.47 bits per heavy atom. The van der Waals surface area contributed by atoms with Gasteiger partial charge in [0.05, 0.1) is 5.92 Å². The Morgan fingerprint density at radius 3 is 2.40 bits per heavy atom. The van der Waals surface area contributed by atoms with Crippen molar-refractivity contribution in [3.8, 4) is 0 Å². The molecule has 0 aromatic heterocycles. The minimum absolute atomic E-state index is 0.216. The average Bonchev–Trinajstić information content (AvgIpc) is 2.11. The summed E-state index contributed by atoms with van der Waals surface area (Å²) in [5.74, 6) is -1.28. The molecule has 2 atom stereocenters. The third-order valence-electron chi connectivity index (χ3n) is 2.59. The summed E-state index contributed by atoms with van der Waals surface area (Å²) in [6.07, 6.45) is 3.12. The van der Waals surface area contributed by atoms with Gasteiger partial charge >= 0.3 is 0 Å². The Labute approximate surface area is 96.5 Å². The summed E-state index contributed by atoms with van der Waals surface area (Å²) < 4.78 is 0.602. The number of carbonyl (C=O) groups is 2. The van der Waals surface area contributed by atoms with Crippen molar-refractivity contribution >= 4 is 27.5 Å². The highest BCUT2D eigenvalue weighted by Crippen LogP contribution is 2.32. The van der Waals surface area contributed by atoms with Gasteiger partial charge in [-0.3, -0.25) is 9.59 Å². The van der Waals surface area contributed by atoms with Crippen molar-refractivity contribution in [2.24, 2.45) is 17.4 Å². The smallest absolute Gasteiger partial charge is 0.154 e. The second kappa shape index (κ2) is 3.90. The normalized spacial score (nSPS) is 30.5. The van der Waals surface area contributed by atoms with E-state index in [1.807, 2.05) is 0 Å². The third-order valence-corrected chi connectivity index (χ3v) is 3.31. The number of Topliss-reactive ketones (excluding diaryl/α,β-unsaturated/α-hetero) is 2. The maximum absolute atomic E-state index is 11.5. The molecule has 4 N–H and O–H groups in total. The molecule has 0 aromatic carbocycles. The van der Waals surface area contributed by atoms with Crippen molar-refractivity contribution < 1.29 is 9.59 Å². The van der Waals surface area contributed by atoms with Gasteiger partial charge in [-0.05, 0) is 35.9 Å². The zero-order chi connectivity index (χ0) is 11.8. The van der Waals surface area contributed by atoms with E-state index in [0.29, 0.717) is 10.2 Å². The summed E-state index contributed by atoms with van der Waals surface area (Å²) >= 11 is 3.21. The molecule has 0 aliphatic heterocycles. The molecule has 0 fully saturated rings. The van der Waals surface area contributed by atoms with E-state index in [0.717, 1.165) is 0 Å². The third kappa shape index (κ3) is 1.89. The molecule has 0 saturated carbocycles. The van der Waals surface area contributed by atoms with Crippen LogP contribution in [-0.4, -0.2) is 17.1 Å². The maximum atomic E-state index is 11.5. The van der Waals surface area contributed by atoms with Crippen LogP contribution in [0.15, 0.2) is 22.3 Å². The van der Waals surface area contributed by atoms with Gasteiger partial charge in [0.15, 0.2) is 5.78 Å². The van der Waals surface area contributed by atoms with Gasteiger partial charge < -0.3 is 11.5 Å². The highest BCUT2D eigenvalue weighted by Gasteiger charge is 2.44.